The molecule has 0 aromatic rings. The number of nitrogens with two attached hydrogens (primary N) is 1. The highest BCUT2D eigenvalue weighted by Crippen LogP contribution is 2.37. The van der Waals surface area contributed by atoms with E-state index in [1.54, 1.807) is 13.8 Å². The fraction of sp³-hybridized carbons (Fsp3) is 0.636. The van der Waals surface area contributed by atoms with Crippen LogP contribution in [0, 0.1) is 5.92 Å². The predicted octanol–water partition coefficient (Wildman–Crippen LogP) is 0.429. The Bertz CT molecular complexity index is 332. The van der Waals surface area contributed by atoms with E-state index < -0.39 is 0 Å². The van der Waals surface area contributed by atoms with Gasteiger partial charge in [0.15, 0.2) is 0 Å². The van der Waals surface area contributed by atoms with E-state index in [-0.39, 0.29) is 17.9 Å². The van der Waals surface area contributed by atoms with Crippen LogP contribution in [-0.4, -0.2) is 29.3 Å². The van der Waals surface area contributed by atoms with Gasteiger partial charge in [0.2, 0.25) is 0 Å². The molecule has 0 radical (unpaired) electrons. The number of rotatable bonds is 3. The van der Waals surface area contributed by atoms with E-state index in [0.29, 0.717) is 23.6 Å². The molecule has 0 bridgehead atoms. The summed E-state index contributed by atoms with van der Waals surface area (Å²) in [4.78, 5) is 25.1. The molecule has 1 atom stereocenters. The Balaban J connectivity index is 2.24. The number of hydrogen-bond acceptors (Lipinski definition) is 3. The Morgan fingerprint density at radius 3 is 2.07 bits per heavy atom. The molecule has 1 unspecified atom stereocenters. The van der Waals surface area contributed by atoms with Crippen molar-refractivity contribution in [1.82, 2.24) is 4.90 Å². The second-order valence-corrected chi connectivity index (χ2v) is 4.37. The van der Waals surface area contributed by atoms with Crippen LogP contribution in [0.15, 0.2) is 11.1 Å². The van der Waals surface area contributed by atoms with Crippen LogP contribution < -0.4 is 5.73 Å². The van der Waals surface area contributed by atoms with Crippen LogP contribution in [0.1, 0.15) is 26.7 Å². The van der Waals surface area contributed by atoms with Gasteiger partial charge in [-0.15, -0.1) is 0 Å². The van der Waals surface area contributed by atoms with Crippen molar-refractivity contribution < 1.29 is 9.59 Å². The summed E-state index contributed by atoms with van der Waals surface area (Å²) in [7, 11) is 0. The van der Waals surface area contributed by atoms with E-state index in [9.17, 15) is 9.59 Å². The molecule has 1 heterocycles. The summed E-state index contributed by atoms with van der Waals surface area (Å²) < 4.78 is 0. The maximum Gasteiger partial charge on any atom is 0.257 e. The van der Waals surface area contributed by atoms with Gasteiger partial charge < -0.3 is 5.73 Å². The highest BCUT2D eigenvalue weighted by atomic mass is 16.2. The van der Waals surface area contributed by atoms with Crippen molar-refractivity contribution >= 4 is 11.8 Å². The molecule has 1 aliphatic carbocycles. The molecular weight excluding hydrogens is 192 g/mol. The van der Waals surface area contributed by atoms with E-state index in [0.717, 1.165) is 12.8 Å². The fourth-order valence-electron chi connectivity index (χ4n) is 2.07. The molecular formula is C11H16N2O2. The molecule has 2 N–H and O–H groups in total. The Morgan fingerprint density at radius 2 is 1.73 bits per heavy atom. The molecule has 0 saturated heterocycles. The van der Waals surface area contributed by atoms with Crippen molar-refractivity contribution in [2.45, 2.75) is 32.7 Å². The number of carbonyl (C=O) groups excluding carboxylic acids is 2. The molecule has 0 aromatic carbocycles. The molecule has 15 heavy (non-hydrogen) atoms. The number of amides is 2. The van der Waals surface area contributed by atoms with Crippen LogP contribution in [0.4, 0.5) is 0 Å². The molecule has 0 aromatic heterocycles. The first-order chi connectivity index (χ1) is 7.07. The smallest absolute Gasteiger partial charge is 0.257 e. The van der Waals surface area contributed by atoms with Crippen LogP contribution in [0.3, 0.4) is 0 Å². The monoisotopic (exact) mass is 208 g/mol. The van der Waals surface area contributed by atoms with Crippen LogP contribution in [-0.2, 0) is 9.59 Å². The minimum atomic E-state index is -0.153. The minimum absolute atomic E-state index is 0.0857. The molecule has 2 aliphatic rings. The first-order valence-corrected chi connectivity index (χ1v) is 5.33. The maximum atomic E-state index is 11.9. The van der Waals surface area contributed by atoms with E-state index in [2.05, 4.69) is 0 Å². The summed E-state index contributed by atoms with van der Waals surface area (Å²) in [6.45, 7) is 3.79. The summed E-state index contributed by atoms with van der Waals surface area (Å²) in [5.74, 6) is 0.126. The second-order valence-electron chi connectivity index (χ2n) is 4.37. The third-order valence-corrected chi connectivity index (χ3v) is 3.38. The van der Waals surface area contributed by atoms with Crippen LogP contribution in [0.25, 0.3) is 0 Å². The van der Waals surface area contributed by atoms with E-state index in [4.69, 9.17) is 5.73 Å². The van der Waals surface area contributed by atoms with Crippen LogP contribution in [0.2, 0.25) is 0 Å². The Kier molecular flexibility index (Phi) is 2.38. The Labute approximate surface area is 89.1 Å². The summed E-state index contributed by atoms with van der Waals surface area (Å²) >= 11 is 0. The molecule has 0 spiro atoms. The zero-order valence-electron chi connectivity index (χ0n) is 9.12. The Hall–Kier alpha value is -1.16. The normalized spacial score (nSPS) is 24.1. The summed E-state index contributed by atoms with van der Waals surface area (Å²) in [5.41, 5.74) is 6.78. The van der Waals surface area contributed by atoms with Gasteiger partial charge in [-0.25, -0.2) is 0 Å². The van der Waals surface area contributed by atoms with Crippen LogP contribution in [0.5, 0.6) is 0 Å². The quantitative estimate of drug-likeness (QED) is 0.684. The summed E-state index contributed by atoms with van der Waals surface area (Å²) in [5, 5.41) is 0. The summed E-state index contributed by atoms with van der Waals surface area (Å²) in [6.07, 6.45) is 2.16. The van der Waals surface area contributed by atoms with Gasteiger partial charge in [0.1, 0.15) is 0 Å². The zero-order valence-corrected chi connectivity index (χ0v) is 9.12. The van der Waals surface area contributed by atoms with Gasteiger partial charge in [0.25, 0.3) is 11.8 Å². The maximum absolute atomic E-state index is 11.9. The van der Waals surface area contributed by atoms with Crippen molar-refractivity contribution in [3.63, 3.8) is 0 Å². The zero-order chi connectivity index (χ0) is 11.2. The first kappa shape index (κ1) is 10.4. The third kappa shape index (κ3) is 1.49. The molecule has 82 valence electrons. The lowest BCUT2D eigenvalue weighted by atomic mass is 10.1. The Morgan fingerprint density at radius 1 is 1.27 bits per heavy atom. The molecule has 4 heteroatoms. The van der Waals surface area contributed by atoms with E-state index in [1.807, 2.05) is 0 Å². The third-order valence-electron chi connectivity index (χ3n) is 3.38. The number of hydrogen-bond donors (Lipinski definition) is 1. The van der Waals surface area contributed by atoms with E-state index in [1.165, 1.54) is 4.90 Å². The molecule has 1 aliphatic heterocycles. The minimum Gasteiger partial charge on any atom is -0.328 e. The fourth-order valence-corrected chi connectivity index (χ4v) is 2.07. The van der Waals surface area contributed by atoms with Gasteiger partial charge in [-0.3, -0.25) is 14.5 Å². The number of nitrogens with zero attached hydrogens (tertiary/aromatic N) is 1. The van der Waals surface area contributed by atoms with Crippen molar-refractivity contribution in [2.75, 3.05) is 6.54 Å². The van der Waals surface area contributed by atoms with E-state index >= 15 is 0 Å². The number of imide groups is 1. The van der Waals surface area contributed by atoms with Crippen LogP contribution >= 0.6 is 0 Å². The number of carbonyl (C=O) groups is 2. The van der Waals surface area contributed by atoms with Gasteiger partial charge in [-0.05, 0) is 32.6 Å². The average molecular weight is 208 g/mol. The first-order valence-electron chi connectivity index (χ1n) is 5.33. The standard InChI is InChI=1S/C11H16N2O2/c1-6-7(2)11(15)13(10(6)14)9(5-12)8-3-4-8/h8-9H,3-5,12H2,1-2H3. The molecule has 2 amide bonds. The second kappa shape index (κ2) is 3.45. The molecule has 4 nitrogen and oxygen atoms in total. The highest BCUT2D eigenvalue weighted by molar-refractivity contribution is 6.19. The van der Waals surface area contributed by atoms with Crippen molar-refractivity contribution in [2.24, 2.45) is 11.7 Å². The SMILES string of the molecule is CC1=C(C)C(=O)N(C(CN)C2CC2)C1=O. The molecule has 2 rings (SSSR count). The lowest BCUT2D eigenvalue weighted by Crippen LogP contribution is -2.46. The van der Waals surface area contributed by atoms with Crippen molar-refractivity contribution in [1.29, 1.82) is 0 Å². The summed E-state index contributed by atoms with van der Waals surface area (Å²) in [6, 6.07) is -0.0857. The van der Waals surface area contributed by atoms with Gasteiger partial charge in [-0.2, -0.15) is 0 Å². The van der Waals surface area contributed by atoms with Crippen molar-refractivity contribution in [3.05, 3.63) is 11.1 Å². The lowest BCUT2D eigenvalue weighted by Gasteiger charge is -2.25. The van der Waals surface area contributed by atoms with Gasteiger partial charge in [0.05, 0.1) is 6.04 Å². The largest absolute Gasteiger partial charge is 0.328 e. The predicted molar refractivity (Wildman–Crippen MR) is 55.8 cm³/mol. The average Bonchev–Trinajstić information content (AvgIpc) is 3.02. The van der Waals surface area contributed by atoms with Gasteiger partial charge in [-0.1, -0.05) is 0 Å². The topological polar surface area (TPSA) is 63.4 Å². The highest BCUT2D eigenvalue weighted by Gasteiger charge is 2.43. The van der Waals surface area contributed by atoms with Gasteiger partial charge in [0, 0.05) is 17.7 Å². The van der Waals surface area contributed by atoms with Crippen molar-refractivity contribution in [3.8, 4) is 0 Å². The lowest BCUT2D eigenvalue weighted by molar-refractivity contribution is -0.140. The van der Waals surface area contributed by atoms with Gasteiger partial charge >= 0.3 is 0 Å². The molecule has 1 saturated carbocycles. The molecule has 1 fully saturated rings.